The van der Waals surface area contributed by atoms with Gasteiger partial charge in [0.1, 0.15) is 0 Å². The number of carbonyl (C=O) groups is 1. The van der Waals surface area contributed by atoms with Gasteiger partial charge >= 0.3 is 0 Å². The Labute approximate surface area is 65.7 Å². The standard InChI is InChI=1S/C8H9ClO/c1-4-5-7(6(2)3)8(9)10/h4-5H,1-2H2,3H3/b7-5+. The Morgan fingerprint density at radius 2 is 2.10 bits per heavy atom. The molecule has 0 aliphatic heterocycles. The predicted octanol–water partition coefficient (Wildman–Crippen LogP) is 2.44. The van der Waals surface area contributed by atoms with Crippen LogP contribution in [0.1, 0.15) is 6.92 Å². The van der Waals surface area contributed by atoms with Crippen LogP contribution in [0.4, 0.5) is 0 Å². The number of rotatable bonds is 3. The molecule has 0 aliphatic carbocycles. The van der Waals surface area contributed by atoms with Crippen molar-refractivity contribution in [1.29, 1.82) is 0 Å². The highest BCUT2D eigenvalue weighted by atomic mass is 35.5. The highest BCUT2D eigenvalue weighted by Gasteiger charge is 2.03. The van der Waals surface area contributed by atoms with E-state index in [1.165, 1.54) is 12.2 Å². The van der Waals surface area contributed by atoms with Gasteiger partial charge in [0, 0.05) is 5.57 Å². The summed E-state index contributed by atoms with van der Waals surface area (Å²) < 4.78 is 0. The van der Waals surface area contributed by atoms with E-state index in [0.717, 1.165) is 0 Å². The summed E-state index contributed by atoms with van der Waals surface area (Å²) >= 11 is 5.20. The average Bonchev–Trinajstić information content (AvgIpc) is 1.81. The number of hydrogen-bond donors (Lipinski definition) is 0. The zero-order valence-corrected chi connectivity index (χ0v) is 6.61. The predicted molar refractivity (Wildman–Crippen MR) is 44.0 cm³/mol. The Morgan fingerprint density at radius 3 is 2.20 bits per heavy atom. The van der Waals surface area contributed by atoms with Crippen molar-refractivity contribution in [1.82, 2.24) is 0 Å². The van der Waals surface area contributed by atoms with E-state index >= 15 is 0 Å². The second-order valence-electron chi connectivity index (χ2n) is 1.87. The molecule has 0 aliphatic rings. The van der Waals surface area contributed by atoms with Crippen molar-refractivity contribution < 1.29 is 4.79 Å². The minimum Gasteiger partial charge on any atom is -0.276 e. The first-order valence-corrected chi connectivity index (χ1v) is 3.15. The van der Waals surface area contributed by atoms with Gasteiger partial charge in [-0.25, -0.2) is 0 Å². The maximum atomic E-state index is 10.6. The molecule has 0 unspecified atom stereocenters. The maximum absolute atomic E-state index is 10.6. The van der Waals surface area contributed by atoms with E-state index in [1.54, 1.807) is 6.92 Å². The minimum absolute atomic E-state index is 0.414. The molecule has 0 spiro atoms. The highest BCUT2D eigenvalue weighted by Crippen LogP contribution is 2.09. The van der Waals surface area contributed by atoms with Crippen LogP contribution in [0.2, 0.25) is 0 Å². The van der Waals surface area contributed by atoms with Gasteiger partial charge in [-0.1, -0.05) is 25.3 Å². The Hall–Kier alpha value is -0.820. The third-order valence-corrected chi connectivity index (χ3v) is 1.16. The smallest absolute Gasteiger partial charge is 0.252 e. The summed E-state index contributed by atoms with van der Waals surface area (Å²) in [5.74, 6) is 0. The summed E-state index contributed by atoms with van der Waals surface area (Å²) in [5.41, 5.74) is 1.07. The first-order chi connectivity index (χ1) is 4.59. The molecule has 0 amide bonds. The Morgan fingerprint density at radius 1 is 1.60 bits per heavy atom. The van der Waals surface area contributed by atoms with E-state index in [4.69, 9.17) is 11.6 Å². The lowest BCUT2D eigenvalue weighted by molar-refractivity contribution is -0.108. The van der Waals surface area contributed by atoms with Gasteiger partial charge in [-0.15, -0.1) is 0 Å². The van der Waals surface area contributed by atoms with Crippen molar-refractivity contribution in [3.63, 3.8) is 0 Å². The Kier molecular flexibility index (Phi) is 3.74. The molecule has 0 aromatic carbocycles. The number of allylic oxidation sites excluding steroid dienone is 4. The van der Waals surface area contributed by atoms with Gasteiger partial charge in [0.25, 0.3) is 5.24 Å². The van der Waals surface area contributed by atoms with Crippen molar-refractivity contribution in [2.45, 2.75) is 6.92 Å². The lowest BCUT2D eigenvalue weighted by atomic mass is 10.1. The van der Waals surface area contributed by atoms with Crippen LogP contribution in [0, 0.1) is 0 Å². The molecule has 54 valence electrons. The summed E-state index contributed by atoms with van der Waals surface area (Å²) in [5, 5.41) is -0.493. The van der Waals surface area contributed by atoms with Crippen molar-refractivity contribution in [3.8, 4) is 0 Å². The Bertz CT molecular complexity index is 185. The number of carbonyl (C=O) groups excluding carboxylic acids is 1. The third kappa shape index (κ3) is 2.65. The quantitative estimate of drug-likeness (QED) is 0.349. The van der Waals surface area contributed by atoms with Crippen molar-refractivity contribution in [2.75, 3.05) is 0 Å². The van der Waals surface area contributed by atoms with Crippen LogP contribution >= 0.6 is 11.6 Å². The molecule has 0 heterocycles. The normalized spacial score (nSPS) is 10.8. The molecular formula is C8H9ClO. The maximum Gasteiger partial charge on any atom is 0.252 e. The Balaban J connectivity index is 4.58. The van der Waals surface area contributed by atoms with Gasteiger partial charge in [-0.05, 0) is 24.1 Å². The van der Waals surface area contributed by atoms with Crippen LogP contribution in [0.3, 0.4) is 0 Å². The fourth-order valence-corrected chi connectivity index (χ4v) is 0.718. The molecule has 2 heteroatoms. The second-order valence-corrected chi connectivity index (χ2v) is 2.21. The largest absolute Gasteiger partial charge is 0.276 e. The van der Waals surface area contributed by atoms with Crippen LogP contribution in [0.5, 0.6) is 0 Å². The van der Waals surface area contributed by atoms with Crippen molar-refractivity contribution >= 4 is 16.8 Å². The molecule has 0 bridgehead atoms. The van der Waals surface area contributed by atoms with Crippen molar-refractivity contribution in [2.24, 2.45) is 0 Å². The molecule has 0 atom stereocenters. The van der Waals surface area contributed by atoms with Gasteiger partial charge in [-0.2, -0.15) is 0 Å². The molecule has 0 saturated heterocycles. The average molecular weight is 157 g/mol. The van der Waals surface area contributed by atoms with Crippen LogP contribution in [-0.4, -0.2) is 5.24 Å². The molecule has 0 radical (unpaired) electrons. The molecule has 0 fully saturated rings. The number of hydrogen-bond acceptors (Lipinski definition) is 1. The minimum atomic E-state index is -0.493. The molecule has 0 rings (SSSR count). The fraction of sp³-hybridized carbons (Fsp3) is 0.125. The van der Waals surface area contributed by atoms with Crippen LogP contribution in [-0.2, 0) is 4.79 Å². The monoisotopic (exact) mass is 156 g/mol. The SMILES string of the molecule is C=C/C=C(\C(=C)C)C(=O)Cl. The molecule has 0 N–H and O–H groups in total. The van der Waals surface area contributed by atoms with Gasteiger partial charge in [0.15, 0.2) is 0 Å². The topological polar surface area (TPSA) is 17.1 Å². The summed E-state index contributed by atoms with van der Waals surface area (Å²) in [6.45, 7) is 8.73. The van der Waals surface area contributed by atoms with Gasteiger partial charge in [-0.3, -0.25) is 4.79 Å². The summed E-state index contributed by atoms with van der Waals surface area (Å²) in [6.07, 6.45) is 3.04. The summed E-state index contributed by atoms with van der Waals surface area (Å²) in [7, 11) is 0. The zero-order valence-electron chi connectivity index (χ0n) is 5.86. The lowest BCUT2D eigenvalue weighted by Gasteiger charge is -1.96. The van der Waals surface area contributed by atoms with E-state index in [1.807, 2.05) is 0 Å². The van der Waals surface area contributed by atoms with Gasteiger partial charge in [0.05, 0.1) is 0 Å². The third-order valence-electron chi connectivity index (χ3n) is 0.956. The van der Waals surface area contributed by atoms with Crippen LogP contribution < -0.4 is 0 Å². The molecule has 0 aromatic heterocycles. The summed E-state index contributed by atoms with van der Waals surface area (Å²) in [6, 6.07) is 0. The van der Waals surface area contributed by atoms with Crippen LogP contribution in [0.15, 0.2) is 36.5 Å². The van der Waals surface area contributed by atoms with E-state index in [0.29, 0.717) is 11.1 Å². The van der Waals surface area contributed by atoms with Crippen molar-refractivity contribution in [3.05, 3.63) is 36.5 Å². The van der Waals surface area contributed by atoms with E-state index in [2.05, 4.69) is 13.2 Å². The van der Waals surface area contributed by atoms with E-state index < -0.39 is 5.24 Å². The molecular weight excluding hydrogens is 148 g/mol. The first-order valence-electron chi connectivity index (χ1n) is 2.78. The first kappa shape index (κ1) is 9.18. The van der Waals surface area contributed by atoms with E-state index in [9.17, 15) is 4.79 Å². The molecule has 1 nitrogen and oxygen atoms in total. The van der Waals surface area contributed by atoms with E-state index in [-0.39, 0.29) is 0 Å². The van der Waals surface area contributed by atoms with Gasteiger partial charge in [0.2, 0.25) is 0 Å². The highest BCUT2D eigenvalue weighted by molar-refractivity contribution is 6.68. The van der Waals surface area contributed by atoms with Crippen LogP contribution in [0.25, 0.3) is 0 Å². The number of halogens is 1. The molecule has 0 aromatic rings. The fourth-order valence-electron chi connectivity index (χ4n) is 0.493. The lowest BCUT2D eigenvalue weighted by Crippen LogP contribution is -1.92. The summed E-state index contributed by atoms with van der Waals surface area (Å²) in [4.78, 5) is 10.6. The zero-order chi connectivity index (χ0) is 8.15. The molecule has 0 saturated carbocycles. The second kappa shape index (κ2) is 4.07. The van der Waals surface area contributed by atoms with Gasteiger partial charge < -0.3 is 0 Å². The molecule has 10 heavy (non-hydrogen) atoms.